The van der Waals surface area contributed by atoms with Crippen molar-refractivity contribution in [1.82, 2.24) is 4.90 Å². The van der Waals surface area contributed by atoms with Crippen LogP contribution in [0.5, 0.6) is 0 Å². The fourth-order valence-corrected chi connectivity index (χ4v) is 2.75. The molecule has 1 aromatic carbocycles. The molecule has 0 aromatic heterocycles. The van der Waals surface area contributed by atoms with Gasteiger partial charge in [-0.3, -0.25) is 4.79 Å². The molecule has 21 heavy (non-hydrogen) atoms. The van der Waals surface area contributed by atoms with Gasteiger partial charge in [-0.05, 0) is 56.4 Å². The first kappa shape index (κ1) is 15.4. The van der Waals surface area contributed by atoms with Crippen molar-refractivity contribution >= 4 is 11.7 Å². The van der Waals surface area contributed by atoms with Gasteiger partial charge in [-0.1, -0.05) is 11.2 Å². The number of nitrogens with two attached hydrogens (primary N) is 1. The van der Waals surface area contributed by atoms with Crippen LogP contribution < -0.4 is 5.73 Å². The van der Waals surface area contributed by atoms with E-state index < -0.39 is 0 Å². The first-order valence-electron chi connectivity index (χ1n) is 7.42. The molecule has 1 aliphatic rings. The molecule has 0 aliphatic heterocycles. The van der Waals surface area contributed by atoms with E-state index >= 15 is 0 Å². The standard InChI is InChI=1S/C16H23N3O2/c1-11(2)19(9-8-15(17)18-21)16(20)14-7-6-12-4-3-5-13(12)10-14/h6-7,10-11,21H,3-5,8-9H2,1-2H3,(H2,17,18). The predicted molar refractivity (Wildman–Crippen MR) is 82.7 cm³/mol. The molecule has 0 radical (unpaired) electrons. The van der Waals surface area contributed by atoms with E-state index in [9.17, 15) is 4.79 Å². The van der Waals surface area contributed by atoms with E-state index in [0.717, 1.165) is 18.4 Å². The van der Waals surface area contributed by atoms with E-state index in [1.54, 1.807) is 4.90 Å². The van der Waals surface area contributed by atoms with Crippen molar-refractivity contribution in [2.24, 2.45) is 10.9 Å². The van der Waals surface area contributed by atoms with Crippen LogP contribution in [-0.2, 0) is 12.8 Å². The summed E-state index contributed by atoms with van der Waals surface area (Å²) in [4.78, 5) is 14.4. The van der Waals surface area contributed by atoms with Crippen molar-refractivity contribution in [3.63, 3.8) is 0 Å². The van der Waals surface area contributed by atoms with Crippen LogP contribution in [0.15, 0.2) is 23.4 Å². The Balaban J connectivity index is 2.14. The molecule has 1 aromatic rings. The summed E-state index contributed by atoms with van der Waals surface area (Å²) in [5, 5.41) is 11.6. The molecule has 0 saturated carbocycles. The average Bonchev–Trinajstić information content (AvgIpc) is 2.93. The average molecular weight is 289 g/mol. The Morgan fingerprint density at radius 1 is 1.38 bits per heavy atom. The second-order valence-corrected chi connectivity index (χ2v) is 5.77. The van der Waals surface area contributed by atoms with Gasteiger partial charge < -0.3 is 15.8 Å². The number of aryl methyl sites for hydroxylation is 2. The van der Waals surface area contributed by atoms with Gasteiger partial charge >= 0.3 is 0 Å². The van der Waals surface area contributed by atoms with Crippen LogP contribution in [0.25, 0.3) is 0 Å². The maximum atomic E-state index is 12.7. The summed E-state index contributed by atoms with van der Waals surface area (Å²) in [6.45, 7) is 4.39. The highest BCUT2D eigenvalue weighted by atomic mass is 16.4. The lowest BCUT2D eigenvalue weighted by molar-refractivity contribution is 0.0711. The van der Waals surface area contributed by atoms with Gasteiger partial charge in [0.05, 0.1) is 0 Å². The first-order valence-corrected chi connectivity index (χ1v) is 7.42. The molecule has 114 valence electrons. The smallest absolute Gasteiger partial charge is 0.254 e. The van der Waals surface area contributed by atoms with E-state index in [1.165, 1.54) is 17.5 Å². The number of benzene rings is 1. The van der Waals surface area contributed by atoms with Crippen LogP contribution in [0.2, 0.25) is 0 Å². The summed E-state index contributed by atoms with van der Waals surface area (Å²) in [5.41, 5.74) is 8.87. The Hall–Kier alpha value is -2.04. The molecular weight excluding hydrogens is 266 g/mol. The number of amides is 1. The summed E-state index contributed by atoms with van der Waals surface area (Å²) in [5.74, 6) is 0.146. The van der Waals surface area contributed by atoms with Crippen LogP contribution >= 0.6 is 0 Å². The minimum Gasteiger partial charge on any atom is -0.409 e. The van der Waals surface area contributed by atoms with E-state index in [-0.39, 0.29) is 17.8 Å². The zero-order valence-electron chi connectivity index (χ0n) is 12.7. The number of nitrogens with zero attached hydrogens (tertiary/aromatic N) is 2. The molecule has 3 N–H and O–H groups in total. The van der Waals surface area contributed by atoms with Gasteiger partial charge in [-0.25, -0.2) is 0 Å². The summed E-state index contributed by atoms with van der Waals surface area (Å²) in [7, 11) is 0. The monoisotopic (exact) mass is 289 g/mol. The molecule has 2 rings (SSSR count). The summed E-state index contributed by atoms with van der Waals surface area (Å²) in [6.07, 6.45) is 3.71. The second-order valence-electron chi connectivity index (χ2n) is 5.77. The molecule has 0 atom stereocenters. The second kappa shape index (κ2) is 6.61. The zero-order chi connectivity index (χ0) is 15.4. The lowest BCUT2D eigenvalue weighted by atomic mass is 10.0. The van der Waals surface area contributed by atoms with Crippen LogP contribution in [0.3, 0.4) is 0 Å². The third kappa shape index (κ3) is 3.54. The van der Waals surface area contributed by atoms with Gasteiger partial charge in [-0.2, -0.15) is 0 Å². The van der Waals surface area contributed by atoms with Crippen LogP contribution in [0, 0.1) is 0 Å². The Labute approximate surface area is 125 Å². The molecular formula is C16H23N3O2. The van der Waals surface area contributed by atoms with E-state index in [4.69, 9.17) is 10.9 Å². The van der Waals surface area contributed by atoms with E-state index in [0.29, 0.717) is 13.0 Å². The van der Waals surface area contributed by atoms with Crippen molar-refractivity contribution in [3.8, 4) is 0 Å². The third-order valence-electron chi connectivity index (χ3n) is 3.97. The van der Waals surface area contributed by atoms with Gasteiger partial charge in [0.2, 0.25) is 0 Å². The third-order valence-corrected chi connectivity index (χ3v) is 3.97. The van der Waals surface area contributed by atoms with Crippen LogP contribution in [0.1, 0.15) is 48.2 Å². The number of carbonyl (C=O) groups excluding carboxylic acids is 1. The number of rotatable bonds is 5. The van der Waals surface area contributed by atoms with Gasteiger partial charge in [0.15, 0.2) is 0 Å². The Kier molecular flexibility index (Phi) is 4.83. The number of hydrogen-bond donors (Lipinski definition) is 2. The first-order chi connectivity index (χ1) is 10.0. The van der Waals surface area contributed by atoms with Crippen LogP contribution in [-0.4, -0.2) is 34.4 Å². The van der Waals surface area contributed by atoms with Crippen molar-refractivity contribution in [2.75, 3.05) is 6.54 Å². The molecule has 0 unspecified atom stereocenters. The molecule has 0 saturated heterocycles. The Morgan fingerprint density at radius 2 is 2.10 bits per heavy atom. The quantitative estimate of drug-likeness (QED) is 0.377. The summed E-state index contributed by atoms with van der Waals surface area (Å²) < 4.78 is 0. The topological polar surface area (TPSA) is 78.9 Å². The number of amidine groups is 1. The number of hydrogen-bond acceptors (Lipinski definition) is 3. The Morgan fingerprint density at radius 3 is 2.76 bits per heavy atom. The number of carbonyl (C=O) groups is 1. The fraction of sp³-hybridized carbons (Fsp3) is 0.500. The van der Waals surface area contributed by atoms with Gasteiger partial charge in [-0.15, -0.1) is 0 Å². The minimum atomic E-state index is 0.00504. The molecule has 0 heterocycles. The lowest BCUT2D eigenvalue weighted by Gasteiger charge is -2.27. The normalized spacial score (nSPS) is 14.3. The molecule has 5 heteroatoms. The molecule has 0 fully saturated rings. The molecule has 0 bridgehead atoms. The van der Waals surface area contributed by atoms with Gasteiger partial charge in [0, 0.05) is 24.6 Å². The Bertz CT molecular complexity index is 552. The van der Waals surface area contributed by atoms with Crippen molar-refractivity contribution in [2.45, 2.75) is 45.6 Å². The molecule has 1 aliphatic carbocycles. The van der Waals surface area contributed by atoms with Gasteiger partial charge in [0.25, 0.3) is 5.91 Å². The SMILES string of the molecule is CC(C)N(CCC(N)=NO)C(=O)c1ccc2c(c1)CCC2. The highest BCUT2D eigenvalue weighted by molar-refractivity contribution is 5.95. The van der Waals surface area contributed by atoms with Crippen molar-refractivity contribution in [1.29, 1.82) is 0 Å². The highest BCUT2D eigenvalue weighted by Gasteiger charge is 2.21. The van der Waals surface area contributed by atoms with E-state index in [1.807, 2.05) is 26.0 Å². The maximum absolute atomic E-state index is 12.7. The van der Waals surface area contributed by atoms with E-state index in [2.05, 4.69) is 11.2 Å². The molecule has 5 nitrogen and oxygen atoms in total. The lowest BCUT2D eigenvalue weighted by Crippen LogP contribution is -2.39. The number of oxime groups is 1. The zero-order valence-corrected chi connectivity index (χ0v) is 12.7. The van der Waals surface area contributed by atoms with Gasteiger partial charge in [0.1, 0.15) is 5.84 Å². The van der Waals surface area contributed by atoms with Crippen molar-refractivity contribution < 1.29 is 10.0 Å². The van der Waals surface area contributed by atoms with Crippen LogP contribution in [0.4, 0.5) is 0 Å². The largest absolute Gasteiger partial charge is 0.409 e. The predicted octanol–water partition coefficient (Wildman–Crippen LogP) is 2.16. The molecule has 0 spiro atoms. The highest BCUT2D eigenvalue weighted by Crippen LogP contribution is 2.23. The summed E-state index contributed by atoms with van der Waals surface area (Å²) in [6, 6.07) is 6.06. The fourth-order valence-electron chi connectivity index (χ4n) is 2.75. The maximum Gasteiger partial charge on any atom is 0.254 e. The number of fused-ring (bicyclic) bond motifs is 1. The summed E-state index contributed by atoms with van der Waals surface area (Å²) >= 11 is 0. The molecule has 1 amide bonds. The minimum absolute atomic E-state index is 0.00504. The van der Waals surface area contributed by atoms with Crippen molar-refractivity contribution in [3.05, 3.63) is 34.9 Å².